The van der Waals surface area contributed by atoms with Gasteiger partial charge in [0.05, 0.1) is 0 Å². The smallest absolute Gasteiger partial charge is 0.323 e. The van der Waals surface area contributed by atoms with Gasteiger partial charge in [0.25, 0.3) is 0 Å². The van der Waals surface area contributed by atoms with E-state index in [-0.39, 0.29) is 29.9 Å². The summed E-state index contributed by atoms with van der Waals surface area (Å²) in [4.78, 5) is 35.4. The Kier molecular flexibility index (Phi) is 3.51. The molecular weight excluding hydrogens is 256 g/mol. The first-order valence-electron chi connectivity index (χ1n) is 5.65. The first-order chi connectivity index (χ1) is 8.49. The molecule has 0 atom stereocenters. The monoisotopic (exact) mass is 270 g/mol. The second-order valence-corrected chi connectivity index (χ2v) is 5.20. The van der Waals surface area contributed by atoms with Gasteiger partial charge >= 0.3 is 10.8 Å². The summed E-state index contributed by atoms with van der Waals surface area (Å²) < 4.78 is 1.38. The Hall–Kier alpha value is -1.63. The number of hydrogen-bond acceptors (Lipinski definition) is 4. The summed E-state index contributed by atoms with van der Waals surface area (Å²) in [5.41, 5.74) is 0.726. The Balaban J connectivity index is 2.10. The zero-order chi connectivity index (χ0) is 13.3. The zero-order valence-corrected chi connectivity index (χ0v) is 10.8. The molecule has 1 aromatic heterocycles. The molecule has 0 aromatic carbocycles. The molecule has 1 amide bonds. The van der Waals surface area contributed by atoms with E-state index < -0.39 is 5.97 Å². The van der Waals surface area contributed by atoms with Gasteiger partial charge in [-0.15, -0.1) is 0 Å². The quantitative estimate of drug-likeness (QED) is 0.834. The molecule has 2 rings (SSSR count). The fraction of sp³-hybridized carbons (Fsp3) is 0.545. The van der Waals surface area contributed by atoms with Crippen LogP contribution in [0.4, 0.5) is 0 Å². The van der Waals surface area contributed by atoms with Crippen molar-refractivity contribution in [3.05, 3.63) is 20.7 Å². The van der Waals surface area contributed by atoms with E-state index in [0.717, 1.165) is 29.9 Å². The van der Waals surface area contributed by atoms with Crippen molar-refractivity contribution in [3.63, 3.8) is 0 Å². The van der Waals surface area contributed by atoms with Gasteiger partial charge in [-0.2, -0.15) is 0 Å². The van der Waals surface area contributed by atoms with Crippen LogP contribution < -0.4 is 4.87 Å². The molecule has 0 aliphatic heterocycles. The number of amides is 1. The van der Waals surface area contributed by atoms with Crippen molar-refractivity contribution >= 4 is 23.2 Å². The third-order valence-corrected chi connectivity index (χ3v) is 3.76. The Morgan fingerprint density at radius 2 is 2.22 bits per heavy atom. The summed E-state index contributed by atoms with van der Waals surface area (Å²) in [6.45, 7) is 1.39. The summed E-state index contributed by atoms with van der Waals surface area (Å²) in [7, 11) is 0. The van der Waals surface area contributed by atoms with E-state index in [1.807, 2.05) is 0 Å². The van der Waals surface area contributed by atoms with Gasteiger partial charge in [-0.1, -0.05) is 11.3 Å². The number of nitrogens with zero attached hydrogens (tertiary/aromatic N) is 2. The maximum absolute atomic E-state index is 12.0. The molecule has 0 saturated heterocycles. The predicted molar refractivity (Wildman–Crippen MR) is 65.7 cm³/mol. The highest BCUT2D eigenvalue weighted by Crippen LogP contribution is 2.26. The number of hydrogen-bond donors (Lipinski definition) is 1. The summed E-state index contributed by atoms with van der Waals surface area (Å²) in [6, 6.07) is 0.0308. The lowest BCUT2D eigenvalue weighted by Crippen LogP contribution is -2.40. The van der Waals surface area contributed by atoms with E-state index in [0.29, 0.717) is 0 Å². The average molecular weight is 270 g/mol. The fourth-order valence-corrected chi connectivity index (χ4v) is 2.51. The van der Waals surface area contributed by atoms with Crippen LogP contribution in [0.25, 0.3) is 0 Å². The van der Waals surface area contributed by atoms with Crippen molar-refractivity contribution in [1.82, 2.24) is 9.47 Å². The molecule has 1 N–H and O–H groups in total. The Morgan fingerprint density at radius 3 is 2.67 bits per heavy atom. The maximum atomic E-state index is 12.0. The lowest BCUT2D eigenvalue weighted by Gasteiger charge is -2.20. The molecule has 1 aromatic rings. The summed E-state index contributed by atoms with van der Waals surface area (Å²) in [5, 5.41) is 10.5. The Morgan fingerprint density at radius 1 is 1.56 bits per heavy atom. The molecule has 0 radical (unpaired) electrons. The maximum Gasteiger partial charge on any atom is 0.323 e. The van der Waals surface area contributed by atoms with Gasteiger partial charge in [-0.3, -0.25) is 19.0 Å². The number of carboxylic acids is 1. The minimum atomic E-state index is -1.02. The second-order valence-electron chi connectivity index (χ2n) is 4.38. The van der Waals surface area contributed by atoms with E-state index in [1.54, 1.807) is 12.3 Å². The summed E-state index contributed by atoms with van der Waals surface area (Å²) in [5.74, 6) is -1.33. The van der Waals surface area contributed by atoms with E-state index in [9.17, 15) is 14.4 Å². The number of aliphatic carboxylic acids is 1. The van der Waals surface area contributed by atoms with Crippen LogP contribution in [0.5, 0.6) is 0 Å². The molecule has 0 bridgehead atoms. The molecule has 1 aliphatic rings. The number of aryl methyl sites for hydroxylation is 1. The highest BCUT2D eigenvalue weighted by atomic mass is 32.1. The molecule has 6 nitrogen and oxygen atoms in total. The van der Waals surface area contributed by atoms with Crippen LogP contribution in [0.15, 0.2) is 10.2 Å². The van der Waals surface area contributed by atoms with Crippen molar-refractivity contribution in [2.45, 2.75) is 32.4 Å². The van der Waals surface area contributed by atoms with E-state index >= 15 is 0 Å². The van der Waals surface area contributed by atoms with E-state index in [1.165, 1.54) is 9.47 Å². The molecule has 98 valence electrons. The predicted octanol–water partition coefficient (Wildman–Crippen LogP) is 0.294. The highest BCUT2D eigenvalue weighted by molar-refractivity contribution is 7.07. The second kappa shape index (κ2) is 4.93. The lowest BCUT2D eigenvalue weighted by molar-refractivity contribution is -0.145. The number of rotatable bonds is 5. The van der Waals surface area contributed by atoms with Crippen molar-refractivity contribution in [2.75, 3.05) is 6.54 Å². The van der Waals surface area contributed by atoms with Crippen molar-refractivity contribution < 1.29 is 14.7 Å². The standard InChI is InChI=1S/C11H14N2O4S/c1-7-6-18-11(17)12(7)4-9(14)13(5-10(15)16)8-2-3-8/h6,8H,2-5H2,1H3,(H,15,16). The van der Waals surface area contributed by atoms with Crippen LogP contribution in [0.3, 0.4) is 0 Å². The van der Waals surface area contributed by atoms with Gasteiger partial charge in [0.15, 0.2) is 0 Å². The first kappa shape index (κ1) is 12.8. The van der Waals surface area contributed by atoms with Gasteiger partial charge < -0.3 is 10.0 Å². The topological polar surface area (TPSA) is 79.6 Å². The number of thiazole rings is 1. The number of carbonyl (C=O) groups excluding carboxylic acids is 1. The van der Waals surface area contributed by atoms with Gasteiger partial charge in [0.2, 0.25) is 5.91 Å². The molecule has 1 aliphatic carbocycles. The largest absolute Gasteiger partial charge is 0.480 e. The van der Waals surface area contributed by atoms with Crippen LogP contribution in [-0.4, -0.2) is 39.0 Å². The molecule has 1 heterocycles. The molecule has 0 unspecified atom stereocenters. The molecule has 1 fully saturated rings. The van der Waals surface area contributed by atoms with Crippen LogP contribution in [0.1, 0.15) is 18.5 Å². The molecule has 18 heavy (non-hydrogen) atoms. The SMILES string of the molecule is Cc1csc(=O)n1CC(=O)N(CC(=O)O)C1CC1. The van der Waals surface area contributed by atoms with Crippen LogP contribution in [0, 0.1) is 6.92 Å². The first-order valence-corrected chi connectivity index (χ1v) is 6.53. The molecule has 1 saturated carbocycles. The minimum Gasteiger partial charge on any atom is -0.480 e. The number of carboxylic acid groups (broad SMARTS) is 1. The Bertz CT molecular complexity index is 529. The lowest BCUT2D eigenvalue weighted by atomic mass is 10.4. The minimum absolute atomic E-state index is 0.0308. The third-order valence-electron chi connectivity index (χ3n) is 2.88. The van der Waals surface area contributed by atoms with Crippen LogP contribution in [-0.2, 0) is 16.1 Å². The molecule has 0 spiro atoms. The van der Waals surface area contributed by atoms with Crippen LogP contribution >= 0.6 is 11.3 Å². The van der Waals surface area contributed by atoms with E-state index in [2.05, 4.69) is 0 Å². The molecular formula is C11H14N2O4S. The third kappa shape index (κ3) is 2.79. The van der Waals surface area contributed by atoms with Gasteiger partial charge in [0, 0.05) is 17.1 Å². The van der Waals surface area contributed by atoms with Gasteiger partial charge in [0.1, 0.15) is 13.1 Å². The normalized spacial score (nSPS) is 14.5. The van der Waals surface area contributed by atoms with Gasteiger partial charge in [-0.05, 0) is 19.8 Å². The van der Waals surface area contributed by atoms with E-state index in [4.69, 9.17) is 5.11 Å². The van der Waals surface area contributed by atoms with Gasteiger partial charge in [-0.25, -0.2) is 0 Å². The number of aromatic nitrogens is 1. The van der Waals surface area contributed by atoms with Crippen molar-refractivity contribution in [1.29, 1.82) is 0 Å². The summed E-state index contributed by atoms with van der Waals surface area (Å²) in [6.07, 6.45) is 1.69. The molecule has 7 heteroatoms. The van der Waals surface area contributed by atoms with Crippen molar-refractivity contribution in [2.24, 2.45) is 0 Å². The van der Waals surface area contributed by atoms with Crippen LogP contribution in [0.2, 0.25) is 0 Å². The Labute approximate surface area is 107 Å². The number of carbonyl (C=O) groups is 2. The average Bonchev–Trinajstić information content (AvgIpc) is 3.08. The zero-order valence-electron chi connectivity index (χ0n) is 9.96. The van der Waals surface area contributed by atoms with Crippen molar-refractivity contribution in [3.8, 4) is 0 Å². The highest BCUT2D eigenvalue weighted by Gasteiger charge is 2.33. The fourth-order valence-electron chi connectivity index (χ4n) is 1.78. The summed E-state index contributed by atoms with van der Waals surface area (Å²) >= 11 is 1.04.